The highest BCUT2D eigenvalue weighted by molar-refractivity contribution is 7.80. The van der Waals surface area contributed by atoms with Crippen LogP contribution >= 0.6 is 0 Å². The molecule has 0 saturated carbocycles. The maximum atomic E-state index is 11.3. The predicted octanol–water partition coefficient (Wildman–Crippen LogP) is -0.465. The molecule has 2 heterocycles. The standard InChI is InChI=1S/C9H16O6S2/c10-16(15-6-8-4-12-8)3-1-2-14-17(11)7-9-5-13-9/h8-9H,1-7H2. The van der Waals surface area contributed by atoms with E-state index >= 15 is 0 Å². The topological polar surface area (TPSA) is 77.7 Å². The lowest BCUT2D eigenvalue weighted by Gasteiger charge is -2.03. The second-order valence-electron chi connectivity index (χ2n) is 3.85. The van der Waals surface area contributed by atoms with Gasteiger partial charge in [0.15, 0.2) is 22.2 Å². The Morgan fingerprint density at radius 1 is 1.06 bits per heavy atom. The Morgan fingerprint density at radius 2 is 1.76 bits per heavy atom. The van der Waals surface area contributed by atoms with Gasteiger partial charge in [0, 0.05) is 0 Å². The molecule has 17 heavy (non-hydrogen) atoms. The van der Waals surface area contributed by atoms with Crippen molar-refractivity contribution in [3.05, 3.63) is 0 Å². The fraction of sp³-hybridized carbons (Fsp3) is 1.00. The van der Waals surface area contributed by atoms with Crippen LogP contribution in [0.3, 0.4) is 0 Å². The van der Waals surface area contributed by atoms with Crippen LogP contribution in [0.15, 0.2) is 0 Å². The first kappa shape index (κ1) is 13.6. The molecular formula is C9H16O6S2. The monoisotopic (exact) mass is 284 g/mol. The van der Waals surface area contributed by atoms with Crippen LogP contribution in [0.2, 0.25) is 0 Å². The fourth-order valence-corrected chi connectivity index (χ4v) is 2.74. The van der Waals surface area contributed by atoms with Crippen LogP contribution in [0.5, 0.6) is 0 Å². The zero-order chi connectivity index (χ0) is 12.1. The lowest BCUT2D eigenvalue weighted by Crippen LogP contribution is -2.12. The molecule has 4 atom stereocenters. The minimum absolute atomic E-state index is 0.104. The van der Waals surface area contributed by atoms with Crippen LogP contribution in [-0.2, 0) is 40.0 Å². The molecule has 2 rings (SSSR count). The van der Waals surface area contributed by atoms with Crippen molar-refractivity contribution in [3.8, 4) is 0 Å². The third-order valence-corrected chi connectivity index (χ3v) is 4.28. The largest absolute Gasteiger partial charge is 0.372 e. The third kappa shape index (κ3) is 6.58. The zero-order valence-electron chi connectivity index (χ0n) is 9.37. The number of epoxide rings is 2. The van der Waals surface area contributed by atoms with Gasteiger partial charge in [-0.05, 0) is 6.42 Å². The Balaban J connectivity index is 1.41. The van der Waals surface area contributed by atoms with E-state index in [4.69, 9.17) is 17.8 Å². The second-order valence-corrected chi connectivity index (χ2v) is 6.28. The SMILES string of the molecule is O=S(CCCOS(=O)CC1CO1)OCC1CO1. The summed E-state index contributed by atoms with van der Waals surface area (Å²) in [5.41, 5.74) is 0. The van der Waals surface area contributed by atoms with Gasteiger partial charge in [-0.3, -0.25) is 8.37 Å². The second kappa shape index (κ2) is 6.91. The van der Waals surface area contributed by atoms with Gasteiger partial charge in [0.1, 0.15) is 6.10 Å². The lowest BCUT2D eigenvalue weighted by atomic mass is 10.5. The molecule has 100 valence electrons. The summed E-state index contributed by atoms with van der Waals surface area (Å²) in [5.74, 6) is 0.822. The molecule has 0 N–H and O–H groups in total. The molecule has 2 fully saturated rings. The first-order valence-corrected chi connectivity index (χ1v) is 7.99. The van der Waals surface area contributed by atoms with Gasteiger partial charge >= 0.3 is 0 Å². The molecule has 0 bridgehead atoms. The fourth-order valence-electron chi connectivity index (χ4n) is 1.07. The smallest absolute Gasteiger partial charge is 0.158 e. The molecular weight excluding hydrogens is 268 g/mol. The molecule has 0 amide bonds. The van der Waals surface area contributed by atoms with Crippen molar-refractivity contribution in [2.45, 2.75) is 18.6 Å². The van der Waals surface area contributed by atoms with Gasteiger partial charge in [-0.2, -0.15) is 0 Å². The summed E-state index contributed by atoms with van der Waals surface area (Å²) in [5, 5.41) is 0. The Labute approximate surface area is 105 Å². The molecule has 0 spiro atoms. The van der Waals surface area contributed by atoms with Crippen molar-refractivity contribution >= 4 is 22.2 Å². The number of hydrogen-bond donors (Lipinski definition) is 0. The summed E-state index contributed by atoms with van der Waals surface area (Å²) < 4.78 is 42.5. The van der Waals surface area contributed by atoms with E-state index in [1.54, 1.807) is 0 Å². The zero-order valence-corrected chi connectivity index (χ0v) is 11.0. The minimum atomic E-state index is -1.30. The molecule has 0 aromatic heterocycles. The highest BCUT2D eigenvalue weighted by atomic mass is 32.2. The van der Waals surface area contributed by atoms with Crippen molar-refractivity contribution in [1.29, 1.82) is 0 Å². The quantitative estimate of drug-likeness (QED) is 0.399. The van der Waals surface area contributed by atoms with E-state index in [-0.39, 0.29) is 12.2 Å². The van der Waals surface area contributed by atoms with Crippen LogP contribution in [0.4, 0.5) is 0 Å². The highest BCUT2D eigenvalue weighted by Crippen LogP contribution is 2.11. The van der Waals surface area contributed by atoms with Crippen molar-refractivity contribution in [3.63, 3.8) is 0 Å². The van der Waals surface area contributed by atoms with Crippen LogP contribution in [0.25, 0.3) is 0 Å². The molecule has 2 aliphatic heterocycles. The number of rotatable bonds is 10. The van der Waals surface area contributed by atoms with Gasteiger partial charge in [0.25, 0.3) is 0 Å². The Kier molecular flexibility index (Phi) is 5.51. The van der Waals surface area contributed by atoms with Gasteiger partial charge in [0.05, 0.1) is 44.0 Å². The molecule has 0 radical (unpaired) electrons. The van der Waals surface area contributed by atoms with Gasteiger partial charge in [0.2, 0.25) is 0 Å². The Bertz CT molecular complexity index is 289. The average Bonchev–Trinajstić information content (AvgIpc) is 3.14. The predicted molar refractivity (Wildman–Crippen MR) is 62.0 cm³/mol. The summed E-state index contributed by atoms with van der Waals surface area (Å²) in [6.07, 6.45) is 0.795. The lowest BCUT2D eigenvalue weighted by molar-refractivity contribution is 0.281. The summed E-state index contributed by atoms with van der Waals surface area (Å²) >= 11 is -2.59. The molecule has 2 saturated heterocycles. The first-order chi connectivity index (χ1) is 8.24. The summed E-state index contributed by atoms with van der Waals surface area (Å²) in [6.45, 7) is 2.09. The van der Waals surface area contributed by atoms with E-state index in [9.17, 15) is 8.42 Å². The number of hydrogen-bond acceptors (Lipinski definition) is 6. The van der Waals surface area contributed by atoms with Gasteiger partial charge in [-0.25, -0.2) is 8.42 Å². The van der Waals surface area contributed by atoms with Gasteiger partial charge in [-0.1, -0.05) is 0 Å². The van der Waals surface area contributed by atoms with Crippen LogP contribution in [-0.4, -0.2) is 58.6 Å². The summed E-state index contributed by atoms with van der Waals surface area (Å²) in [7, 11) is 0. The number of ether oxygens (including phenoxy) is 2. The Morgan fingerprint density at radius 3 is 2.41 bits per heavy atom. The Hall–Kier alpha value is 0.140. The van der Waals surface area contributed by atoms with E-state index in [2.05, 4.69) is 0 Å². The van der Waals surface area contributed by atoms with Crippen LogP contribution in [0, 0.1) is 0 Å². The average molecular weight is 284 g/mol. The highest BCUT2D eigenvalue weighted by Gasteiger charge is 2.25. The van der Waals surface area contributed by atoms with Crippen molar-refractivity contribution in [2.24, 2.45) is 0 Å². The molecule has 0 aliphatic carbocycles. The van der Waals surface area contributed by atoms with Crippen LogP contribution < -0.4 is 0 Å². The van der Waals surface area contributed by atoms with E-state index in [0.717, 1.165) is 0 Å². The molecule has 6 nitrogen and oxygen atoms in total. The maximum Gasteiger partial charge on any atom is 0.158 e. The maximum absolute atomic E-state index is 11.3. The van der Waals surface area contributed by atoms with Crippen LogP contribution in [0.1, 0.15) is 6.42 Å². The molecule has 4 unspecified atom stereocenters. The summed E-state index contributed by atoms with van der Waals surface area (Å²) in [6, 6.07) is 0. The normalized spacial score (nSPS) is 29.9. The van der Waals surface area contributed by atoms with E-state index in [1.807, 2.05) is 0 Å². The molecule has 2 aliphatic rings. The van der Waals surface area contributed by atoms with Crippen molar-refractivity contribution in [1.82, 2.24) is 0 Å². The molecule has 0 aromatic rings. The van der Waals surface area contributed by atoms with Crippen molar-refractivity contribution < 1.29 is 26.3 Å². The van der Waals surface area contributed by atoms with Crippen molar-refractivity contribution in [2.75, 3.05) is 37.9 Å². The molecule has 8 heteroatoms. The molecule has 0 aromatic carbocycles. The third-order valence-electron chi connectivity index (χ3n) is 2.18. The van der Waals surface area contributed by atoms with E-state index in [1.165, 1.54) is 0 Å². The van der Waals surface area contributed by atoms with Gasteiger partial charge in [-0.15, -0.1) is 0 Å². The summed E-state index contributed by atoms with van der Waals surface area (Å²) in [4.78, 5) is 0. The van der Waals surface area contributed by atoms with E-state index < -0.39 is 22.2 Å². The van der Waals surface area contributed by atoms with E-state index in [0.29, 0.717) is 44.4 Å². The first-order valence-electron chi connectivity index (χ1n) is 5.50. The minimum Gasteiger partial charge on any atom is -0.372 e. The van der Waals surface area contributed by atoms with Gasteiger partial charge < -0.3 is 9.47 Å².